The van der Waals surface area contributed by atoms with Gasteiger partial charge in [0.1, 0.15) is 29.7 Å². The molecule has 2 atom stereocenters. The van der Waals surface area contributed by atoms with E-state index in [0.29, 0.717) is 6.26 Å². The number of aliphatic hydroxyl groups excluding tert-OH is 1. The summed E-state index contributed by atoms with van der Waals surface area (Å²) in [4.78, 5) is 49.3. The van der Waals surface area contributed by atoms with Gasteiger partial charge in [0.15, 0.2) is 12.0 Å². The Balaban J connectivity index is 1.61. The predicted molar refractivity (Wildman–Crippen MR) is 123 cm³/mol. The van der Waals surface area contributed by atoms with Gasteiger partial charge in [-0.3, -0.25) is 23.5 Å². The van der Waals surface area contributed by atoms with Crippen molar-refractivity contribution in [2.45, 2.75) is 26.1 Å². The highest BCUT2D eigenvalue weighted by Crippen LogP contribution is 2.26. The quantitative estimate of drug-likeness (QED) is 0.225. The zero-order chi connectivity index (χ0) is 25.7. The van der Waals surface area contributed by atoms with E-state index in [1.165, 1.54) is 19.2 Å². The Morgan fingerprint density at radius 2 is 2.11 bits per heavy atom. The molecule has 13 heteroatoms. The van der Waals surface area contributed by atoms with Gasteiger partial charge in [0.05, 0.1) is 35.9 Å². The van der Waals surface area contributed by atoms with Gasteiger partial charge in [-0.25, -0.2) is 9.18 Å². The molecular formula is C22H22FN4O7S+. The molecule has 2 unspecified atom stereocenters. The van der Waals surface area contributed by atoms with Crippen LogP contribution in [-0.4, -0.2) is 44.0 Å². The minimum absolute atomic E-state index is 0.0224. The van der Waals surface area contributed by atoms with E-state index >= 15 is 0 Å². The van der Waals surface area contributed by atoms with E-state index in [9.17, 15) is 27.8 Å². The molecule has 35 heavy (non-hydrogen) atoms. The lowest BCUT2D eigenvalue weighted by molar-refractivity contribution is -0.115. The number of ether oxygens (including phenoxy) is 1. The number of amides is 1. The number of aromatic nitrogens is 2. The van der Waals surface area contributed by atoms with Crippen LogP contribution >= 0.6 is 0 Å². The van der Waals surface area contributed by atoms with Gasteiger partial charge in [0, 0.05) is 17.3 Å². The molecule has 1 aromatic heterocycles. The lowest BCUT2D eigenvalue weighted by Crippen LogP contribution is -2.43. The molecule has 1 fully saturated rings. The van der Waals surface area contributed by atoms with Crippen LogP contribution in [0.3, 0.4) is 0 Å². The van der Waals surface area contributed by atoms with Crippen molar-refractivity contribution in [1.82, 2.24) is 14.5 Å². The Labute approximate surface area is 200 Å². The van der Waals surface area contributed by atoms with Crippen molar-refractivity contribution in [3.63, 3.8) is 0 Å². The predicted octanol–water partition coefficient (Wildman–Crippen LogP) is 0.343. The average Bonchev–Trinajstić information content (AvgIpc) is 3.21. The fraction of sp³-hybridized carbons (Fsp3) is 0.318. The molecule has 1 aliphatic rings. The summed E-state index contributed by atoms with van der Waals surface area (Å²) in [6, 6.07) is 4.99. The number of aliphatic hydroxyl groups is 1. The van der Waals surface area contributed by atoms with E-state index in [-0.39, 0.29) is 53.5 Å². The molecular weight excluding hydrogens is 483 g/mol. The number of aryl methyl sites for hydroxylation is 1. The number of halogens is 1. The number of nitrogens with one attached hydrogen (secondary N) is 1. The topological polar surface area (TPSA) is 160 Å². The molecule has 2 heterocycles. The largest absolute Gasteiger partial charge is 0.512 e. The Morgan fingerprint density at radius 3 is 2.77 bits per heavy atom. The Kier molecular flexibility index (Phi) is 7.98. The second kappa shape index (κ2) is 10.9. The molecule has 1 saturated heterocycles. The molecule has 0 aliphatic carbocycles. The van der Waals surface area contributed by atoms with Crippen LogP contribution in [0, 0.1) is 24.1 Å². The summed E-state index contributed by atoms with van der Waals surface area (Å²) in [6.07, 6.45) is 0.568. The van der Waals surface area contributed by atoms with Crippen molar-refractivity contribution >= 4 is 22.5 Å². The molecule has 1 aromatic carbocycles. The molecule has 1 aliphatic heterocycles. The van der Waals surface area contributed by atoms with Crippen molar-refractivity contribution in [2.75, 3.05) is 18.1 Å². The van der Waals surface area contributed by atoms with Gasteiger partial charge in [0.25, 0.3) is 11.5 Å². The maximum Gasteiger partial charge on any atom is 0.334 e. The highest BCUT2D eigenvalue weighted by molar-refractivity contribution is 7.84. The van der Waals surface area contributed by atoms with E-state index in [1.54, 1.807) is 6.07 Å². The van der Waals surface area contributed by atoms with Crippen LogP contribution in [-0.2, 0) is 31.1 Å². The molecule has 2 N–H and O–H groups in total. The molecule has 0 spiro atoms. The second-order valence-electron chi connectivity index (χ2n) is 7.64. The normalized spacial score (nSPS) is 17.1. The number of nitrogens with zero attached hydrogens (tertiary/aromatic N) is 3. The minimum Gasteiger partial charge on any atom is -0.512 e. The van der Waals surface area contributed by atoms with Gasteiger partial charge in [-0.15, -0.1) is 4.21 Å². The number of hydrogen-bond donors (Lipinski definition) is 2. The molecule has 184 valence electrons. The van der Waals surface area contributed by atoms with Crippen LogP contribution < -0.4 is 16.6 Å². The SMILES string of the molecule is Cc1cn(C2CC(=O)C(=CO)O2)c(=O)n(CC[SH+](=O)CCNC(=O)c2ccc(F)c(C#N)c2)c1=O. The van der Waals surface area contributed by atoms with Crippen LogP contribution in [0.1, 0.15) is 34.1 Å². The Hall–Kier alpha value is -4.05. The zero-order valence-electron chi connectivity index (χ0n) is 18.6. The number of carbonyl (C=O) groups excluding carboxylic acids is 2. The highest BCUT2D eigenvalue weighted by Gasteiger charge is 2.32. The first kappa shape index (κ1) is 25.6. The summed E-state index contributed by atoms with van der Waals surface area (Å²) in [5.41, 5.74) is -1.31. The average molecular weight is 506 g/mol. The summed E-state index contributed by atoms with van der Waals surface area (Å²) in [6.45, 7) is 1.35. The summed E-state index contributed by atoms with van der Waals surface area (Å²) in [5, 5.41) is 20.4. The first-order valence-corrected chi connectivity index (χ1v) is 12.1. The van der Waals surface area contributed by atoms with Crippen LogP contribution in [0.15, 0.2) is 46.0 Å². The third kappa shape index (κ3) is 5.72. The molecule has 2 aromatic rings. The standard InChI is InChI=1S/C22H21FN4O7S/c1-13-11-27(19-9-17(29)18(12-28)34-19)22(32)26(21(13)31)5-7-35(33)6-4-25-20(30)14-2-3-16(23)15(8-14)10-24/h2-3,8,11-12,19,28H,4-7,9H2,1H3,(H,25,30)/p+1. The zero-order valence-corrected chi connectivity index (χ0v) is 19.5. The van der Waals surface area contributed by atoms with Gasteiger partial charge >= 0.3 is 5.69 Å². The number of hydrogen-bond acceptors (Lipinski definition) is 8. The van der Waals surface area contributed by atoms with Crippen LogP contribution in [0.4, 0.5) is 4.39 Å². The molecule has 0 saturated carbocycles. The van der Waals surface area contributed by atoms with Crippen molar-refractivity contribution in [2.24, 2.45) is 0 Å². The van der Waals surface area contributed by atoms with E-state index in [4.69, 9.17) is 15.1 Å². The van der Waals surface area contributed by atoms with Crippen molar-refractivity contribution in [3.8, 4) is 6.07 Å². The minimum atomic E-state index is -1.90. The second-order valence-corrected chi connectivity index (χ2v) is 9.50. The first-order valence-electron chi connectivity index (χ1n) is 10.4. The maximum atomic E-state index is 13.4. The summed E-state index contributed by atoms with van der Waals surface area (Å²) in [5.74, 6) is -2.04. The van der Waals surface area contributed by atoms with E-state index in [1.807, 2.05) is 0 Å². The monoisotopic (exact) mass is 505 g/mol. The van der Waals surface area contributed by atoms with Crippen LogP contribution in [0.5, 0.6) is 0 Å². The van der Waals surface area contributed by atoms with Crippen molar-refractivity contribution in [1.29, 1.82) is 5.26 Å². The summed E-state index contributed by atoms with van der Waals surface area (Å²) >= 11 is 0. The number of carbonyl (C=O) groups is 2. The molecule has 0 bridgehead atoms. The number of ketones is 1. The Bertz CT molecular complexity index is 1390. The summed E-state index contributed by atoms with van der Waals surface area (Å²) in [7, 11) is -1.90. The lowest BCUT2D eigenvalue weighted by Gasteiger charge is -2.15. The first-order chi connectivity index (χ1) is 16.7. The lowest BCUT2D eigenvalue weighted by atomic mass is 10.1. The van der Waals surface area contributed by atoms with Crippen molar-refractivity contribution in [3.05, 3.63) is 79.8 Å². The maximum absolute atomic E-state index is 13.4. The van der Waals surface area contributed by atoms with E-state index in [2.05, 4.69) is 5.32 Å². The summed E-state index contributed by atoms with van der Waals surface area (Å²) < 4.78 is 33.1. The van der Waals surface area contributed by atoms with Gasteiger partial charge < -0.3 is 15.2 Å². The Morgan fingerprint density at radius 1 is 1.37 bits per heavy atom. The fourth-order valence-corrected chi connectivity index (χ4v) is 4.41. The fourth-order valence-electron chi connectivity index (χ4n) is 3.40. The highest BCUT2D eigenvalue weighted by atomic mass is 32.2. The number of benzene rings is 1. The number of nitriles is 1. The van der Waals surface area contributed by atoms with Gasteiger partial charge in [-0.05, 0) is 25.1 Å². The molecule has 11 nitrogen and oxygen atoms in total. The third-order valence-electron chi connectivity index (χ3n) is 5.26. The number of rotatable bonds is 8. The van der Waals surface area contributed by atoms with Gasteiger partial charge in [-0.1, -0.05) is 0 Å². The van der Waals surface area contributed by atoms with Crippen molar-refractivity contribution < 1.29 is 28.0 Å². The molecule has 3 rings (SSSR count). The van der Waals surface area contributed by atoms with Crippen LogP contribution in [0.25, 0.3) is 0 Å². The van der Waals surface area contributed by atoms with Crippen LogP contribution in [0.2, 0.25) is 0 Å². The molecule has 0 radical (unpaired) electrons. The van der Waals surface area contributed by atoms with E-state index in [0.717, 1.165) is 21.3 Å². The van der Waals surface area contributed by atoms with Gasteiger partial charge in [0.2, 0.25) is 5.78 Å². The number of thiol groups is 1. The molecule has 1 amide bonds. The van der Waals surface area contributed by atoms with Gasteiger partial charge in [-0.2, -0.15) is 5.26 Å². The number of Topliss-reactive ketones (excluding diaryl/α,β-unsaturated/α-hetero) is 1. The smallest absolute Gasteiger partial charge is 0.334 e. The third-order valence-corrected chi connectivity index (χ3v) is 6.68. The number of allylic oxidation sites excluding steroid dienone is 1. The van der Waals surface area contributed by atoms with E-state index < -0.39 is 45.8 Å².